The van der Waals surface area contributed by atoms with Crippen molar-refractivity contribution in [2.24, 2.45) is 0 Å². The number of furan rings is 1. The third-order valence-corrected chi connectivity index (χ3v) is 6.00. The van der Waals surface area contributed by atoms with Gasteiger partial charge in [-0.1, -0.05) is 0 Å². The van der Waals surface area contributed by atoms with Crippen LogP contribution in [0.25, 0.3) is 21.9 Å². The molecule has 4 aromatic rings. The number of hydrogen-bond donors (Lipinski definition) is 0. The van der Waals surface area contributed by atoms with E-state index in [4.69, 9.17) is 18.6 Å². The largest absolute Gasteiger partial charge is 0.492 e. The maximum atomic E-state index is 12.1. The number of ether oxygens (including phenoxy) is 3. The highest BCUT2D eigenvalue weighted by Crippen LogP contribution is 2.34. The lowest BCUT2D eigenvalue weighted by Crippen LogP contribution is -2.25. The number of hydrogen-bond acceptors (Lipinski definition) is 7. The number of likely N-dealkylation sites (tertiary alicyclic amines) is 1. The summed E-state index contributed by atoms with van der Waals surface area (Å²) >= 11 is 0. The van der Waals surface area contributed by atoms with Crippen molar-refractivity contribution in [1.29, 1.82) is 0 Å². The van der Waals surface area contributed by atoms with Crippen molar-refractivity contribution in [3.63, 3.8) is 0 Å². The number of carbonyl (C=O) groups is 1. The smallest absolute Gasteiger partial charge is 0.342 e. The van der Waals surface area contributed by atoms with Gasteiger partial charge in [0.1, 0.15) is 40.8 Å². The standard InChI is InChI=1S/C26H26N2O5/c1-17-25(26(29)30-2)21-8-6-19(16-24(21)32-17)33-23-9-10-27-22-15-18(5-7-20(22)23)31-14-13-28-11-3-4-12-28/h5-10,15-16H,3-4,11-14H2,1-2H3. The first-order valence-corrected chi connectivity index (χ1v) is 11.2. The van der Waals surface area contributed by atoms with Crippen LogP contribution in [0.1, 0.15) is 29.0 Å². The SMILES string of the molecule is COC(=O)c1c(C)oc2cc(Oc3ccnc4cc(OCCN5CCCC5)ccc34)ccc12. The van der Waals surface area contributed by atoms with Crippen molar-refractivity contribution in [2.45, 2.75) is 19.8 Å². The monoisotopic (exact) mass is 446 g/mol. The molecule has 5 rings (SSSR count). The van der Waals surface area contributed by atoms with Crippen LogP contribution < -0.4 is 9.47 Å². The summed E-state index contributed by atoms with van der Waals surface area (Å²) in [5.41, 5.74) is 1.80. The van der Waals surface area contributed by atoms with E-state index in [1.54, 1.807) is 19.2 Å². The molecule has 0 unspecified atom stereocenters. The molecule has 7 heteroatoms. The Kier molecular flexibility index (Phi) is 5.88. The molecule has 0 saturated carbocycles. The van der Waals surface area contributed by atoms with Crippen molar-refractivity contribution >= 4 is 27.8 Å². The van der Waals surface area contributed by atoms with Gasteiger partial charge in [-0.2, -0.15) is 0 Å². The maximum absolute atomic E-state index is 12.1. The zero-order valence-corrected chi connectivity index (χ0v) is 18.8. The first-order valence-electron chi connectivity index (χ1n) is 11.2. The number of fused-ring (bicyclic) bond motifs is 2. The fourth-order valence-electron chi connectivity index (χ4n) is 4.32. The topological polar surface area (TPSA) is 74.0 Å². The first-order chi connectivity index (χ1) is 16.1. The molecule has 1 aliphatic heterocycles. The molecule has 170 valence electrons. The molecule has 0 radical (unpaired) electrons. The highest BCUT2D eigenvalue weighted by atomic mass is 16.5. The van der Waals surface area contributed by atoms with E-state index in [9.17, 15) is 4.79 Å². The van der Waals surface area contributed by atoms with E-state index in [0.717, 1.165) is 36.3 Å². The summed E-state index contributed by atoms with van der Waals surface area (Å²) in [4.78, 5) is 19.0. The molecule has 2 aromatic heterocycles. The highest BCUT2D eigenvalue weighted by molar-refractivity contribution is 6.04. The molecule has 1 saturated heterocycles. The summed E-state index contributed by atoms with van der Waals surface area (Å²) < 4.78 is 22.7. The second-order valence-corrected chi connectivity index (χ2v) is 8.17. The number of rotatable bonds is 7. The molecule has 0 spiro atoms. The average molecular weight is 447 g/mol. The van der Waals surface area contributed by atoms with Crippen LogP contribution in [0.15, 0.2) is 53.1 Å². The Bertz CT molecular complexity index is 1310. The van der Waals surface area contributed by atoms with Gasteiger partial charge >= 0.3 is 5.97 Å². The molecular weight excluding hydrogens is 420 g/mol. The molecule has 1 fully saturated rings. The molecule has 1 aliphatic rings. The Labute approximate surface area is 191 Å². The molecule has 2 aromatic carbocycles. The van der Waals surface area contributed by atoms with Gasteiger partial charge < -0.3 is 18.6 Å². The predicted octanol–water partition coefficient (Wildman–Crippen LogP) is 5.34. The fraction of sp³-hybridized carbons (Fsp3) is 0.308. The third kappa shape index (κ3) is 4.36. The predicted molar refractivity (Wildman–Crippen MR) is 125 cm³/mol. The van der Waals surface area contributed by atoms with Gasteiger partial charge in [-0.15, -0.1) is 0 Å². The summed E-state index contributed by atoms with van der Waals surface area (Å²) in [6, 6.07) is 13.1. The zero-order valence-electron chi connectivity index (χ0n) is 18.8. The lowest BCUT2D eigenvalue weighted by atomic mass is 10.1. The second-order valence-electron chi connectivity index (χ2n) is 8.17. The first kappa shape index (κ1) is 21.3. The van der Waals surface area contributed by atoms with Gasteiger partial charge in [0.05, 0.1) is 12.6 Å². The van der Waals surface area contributed by atoms with Crippen molar-refractivity contribution in [1.82, 2.24) is 9.88 Å². The summed E-state index contributed by atoms with van der Waals surface area (Å²) in [6.07, 6.45) is 4.28. The minimum atomic E-state index is -0.418. The molecule has 0 bridgehead atoms. The van der Waals surface area contributed by atoms with Crippen LogP contribution in [0.5, 0.6) is 17.2 Å². The van der Waals surface area contributed by atoms with Crippen LogP contribution >= 0.6 is 0 Å². The average Bonchev–Trinajstić information content (AvgIpc) is 3.45. The Morgan fingerprint density at radius 1 is 1.06 bits per heavy atom. The fourth-order valence-corrected chi connectivity index (χ4v) is 4.32. The Balaban J connectivity index is 1.35. The van der Waals surface area contributed by atoms with Gasteiger partial charge in [-0.3, -0.25) is 9.88 Å². The number of pyridine rings is 1. The van der Waals surface area contributed by atoms with Gasteiger partial charge in [0.2, 0.25) is 0 Å². The van der Waals surface area contributed by atoms with E-state index in [1.165, 1.54) is 20.0 Å². The number of nitrogens with zero attached hydrogens (tertiary/aromatic N) is 2. The Morgan fingerprint density at radius 2 is 1.85 bits per heavy atom. The molecule has 0 amide bonds. The van der Waals surface area contributed by atoms with Crippen LogP contribution in [-0.4, -0.2) is 49.2 Å². The van der Waals surface area contributed by atoms with Crippen LogP contribution in [0.2, 0.25) is 0 Å². The molecule has 0 aliphatic carbocycles. The lowest BCUT2D eigenvalue weighted by Gasteiger charge is -2.15. The molecule has 7 nitrogen and oxygen atoms in total. The van der Waals surface area contributed by atoms with E-state index in [2.05, 4.69) is 9.88 Å². The van der Waals surface area contributed by atoms with Crippen molar-refractivity contribution < 1.29 is 23.4 Å². The Morgan fingerprint density at radius 3 is 2.67 bits per heavy atom. The molecule has 3 heterocycles. The third-order valence-electron chi connectivity index (χ3n) is 6.00. The van der Waals surface area contributed by atoms with E-state index in [1.807, 2.05) is 36.4 Å². The van der Waals surface area contributed by atoms with Crippen LogP contribution in [0, 0.1) is 6.92 Å². The van der Waals surface area contributed by atoms with Crippen molar-refractivity contribution in [2.75, 3.05) is 33.4 Å². The number of aryl methyl sites for hydroxylation is 1. The zero-order chi connectivity index (χ0) is 22.8. The van der Waals surface area contributed by atoms with Gasteiger partial charge in [0, 0.05) is 35.6 Å². The second kappa shape index (κ2) is 9.11. The highest BCUT2D eigenvalue weighted by Gasteiger charge is 2.19. The maximum Gasteiger partial charge on any atom is 0.342 e. The van der Waals surface area contributed by atoms with Crippen LogP contribution in [-0.2, 0) is 4.74 Å². The lowest BCUT2D eigenvalue weighted by molar-refractivity contribution is 0.0600. The molecule has 0 N–H and O–H groups in total. The number of methoxy groups -OCH3 is 1. The van der Waals surface area contributed by atoms with Gasteiger partial charge in [0.15, 0.2) is 0 Å². The molecular formula is C26H26N2O5. The normalized spacial score (nSPS) is 14.1. The van der Waals surface area contributed by atoms with Crippen molar-refractivity contribution in [3.8, 4) is 17.2 Å². The van der Waals surface area contributed by atoms with Crippen LogP contribution in [0.4, 0.5) is 0 Å². The molecule has 0 atom stereocenters. The van der Waals surface area contributed by atoms with E-state index in [0.29, 0.717) is 40.4 Å². The minimum absolute atomic E-state index is 0.418. The van der Waals surface area contributed by atoms with Crippen molar-refractivity contribution in [3.05, 3.63) is 60.0 Å². The Hall–Kier alpha value is -3.58. The minimum Gasteiger partial charge on any atom is -0.492 e. The summed E-state index contributed by atoms with van der Waals surface area (Å²) in [5, 5.41) is 1.58. The van der Waals surface area contributed by atoms with E-state index >= 15 is 0 Å². The number of aromatic nitrogens is 1. The quantitative estimate of drug-likeness (QED) is 0.355. The van der Waals surface area contributed by atoms with Gasteiger partial charge in [-0.25, -0.2) is 4.79 Å². The van der Waals surface area contributed by atoms with E-state index in [-0.39, 0.29) is 0 Å². The number of benzene rings is 2. The van der Waals surface area contributed by atoms with E-state index < -0.39 is 5.97 Å². The van der Waals surface area contributed by atoms with Gasteiger partial charge in [-0.05, 0) is 63.2 Å². The summed E-state index contributed by atoms with van der Waals surface area (Å²) in [7, 11) is 1.36. The summed E-state index contributed by atoms with van der Waals surface area (Å²) in [6.45, 7) is 5.68. The van der Waals surface area contributed by atoms with Crippen LogP contribution in [0.3, 0.4) is 0 Å². The molecule has 33 heavy (non-hydrogen) atoms. The van der Waals surface area contributed by atoms with Gasteiger partial charge in [0.25, 0.3) is 0 Å². The number of carbonyl (C=O) groups excluding carboxylic acids is 1. The summed E-state index contributed by atoms with van der Waals surface area (Å²) in [5.74, 6) is 2.18. The number of esters is 1.